The predicted molar refractivity (Wildman–Crippen MR) is 55.3 cm³/mol. The number of methoxy groups -OCH3 is 2. The van der Waals surface area contributed by atoms with E-state index in [1.54, 1.807) is 14.2 Å². The monoisotopic (exact) mass is 202 g/mol. The van der Waals surface area contributed by atoms with Crippen LogP contribution in [0.3, 0.4) is 0 Å². The molecule has 5 heteroatoms. The van der Waals surface area contributed by atoms with Crippen LogP contribution in [0.25, 0.3) is 0 Å². The maximum atomic E-state index is 5.79. The van der Waals surface area contributed by atoms with E-state index in [-0.39, 0.29) is 24.3 Å². The van der Waals surface area contributed by atoms with Gasteiger partial charge in [0.25, 0.3) is 0 Å². The molecule has 1 aliphatic rings. The first-order chi connectivity index (χ1) is 6.69. The van der Waals surface area contributed by atoms with Gasteiger partial charge in [-0.25, -0.2) is 0 Å². The van der Waals surface area contributed by atoms with Crippen molar-refractivity contribution in [1.29, 1.82) is 0 Å². The summed E-state index contributed by atoms with van der Waals surface area (Å²) >= 11 is 0. The zero-order valence-corrected chi connectivity index (χ0v) is 9.36. The fourth-order valence-electron chi connectivity index (χ4n) is 1.68. The summed E-state index contributed by atoms with van der Waals surface area (Å²) in [6, 6.07) is 0.0965. The van der Waals surface area contributed by atoms with Crippen molar-refractivity contribution in [2.45, 2.75) is 31.2 Å². The standard InChI is InChI=1S/C9H19BO4/c1-6(4-11-2)14-8-7(12-3)5-13-9(8)10/h6-9H,4-5,10H2,1-3H3/t6?,7?,8-,9+/m0/s1. The van der Waals surface area contributed by atoms with E-state index in [0.29, 0.717) is 13.2 Å². The Labute approximate surface area is 86.3 Å². The molecule has 1 heterocycles. The molecule has 14 heavy (non-hydrogen) atoms. The molecule has 0 aromatic carbocycles. The largest absolute Gasteiger partial charge is 0.382 e. The SMILES string of the molecule is B[C@@H]1OCC(OC)[C@@H]1OC(C)COC. The van der Waals surface area contributed by atoms with Crippen LogP contribution in [0.1, 0.15) is 6.92 Å². The van der Waals surface area contributed by atoms with E-state index in [1.807, 2.05) is 14.8 Å². The van der Waals surface area contributed by atoms with Crippen LogP contribution in [0, 0.1) is 0 Å². The Morgan fingerprint density at radius 2 is 2.21 bits per heavy atom. The summed E-state index contributed by atoms with van der Waals surface area (Å²) in [4.78, 5) is 0. The highest BCUT2D eigenvalue weighted by atomic mass is 16.6. The summed E-state index contributed by atoms with van der Waals surface area (Å²) in [7, 11) is 5.36. The van der Waals surface area contributed by atoms with Gasteiger partial charge in [0, 0.05) is 14.2 Å². The van der Waals surface area contributed by atoms with Gasteiger partial charge in [-0.3, -0.25) is 0 Å². The summed E-state index contributed by atoms with van der Waals surface area (Å²) < 4.78 is 21.5. The zero-order chi connectivity index (χ0) is 10.6. The van der Waals surface area contributed by atoms with E-state index in [2.05, 4.69) is 0 Å². The summed E-state index contributed by atoms with van der Waals surface area (Å²) in [6.07, 6.45) is 0.140. The number of rotatable bonds is 5. The lowest BCUT2D eigenvalue weighted by atomic mass is 9.93. The minimum atomic E-state index is 0.0187. The van der Waals surface area contributed by atoms with E-state index < -0.39 is 0 Å². The van der Waals surface area contributed by atoms with Gasteiger partial charge in [0.05, 0.1) is 25.3 Å². The maximum Gasteiger partial charge on any atom is 0.142 e. The Morgan fingerprint density at radius 1 is 1.50 bits per heavy atom. The lowest BCUT2D eigenvalue weighted by molar-refractivity contribution is -0.0860. The fourth-order valence-corrected chi connectivity index (χ4v) is 1.68. The van der Waals surface area contributed by atoms with Crippen molar-refractivity contribution in [2.75, 3.05) is 27.4 Å². The molecule has 82 valence electrons. The molecule has 0 aromatic heterocycles. The van der Waals surface area contributed by atoms with E-state index in [0.717, 1.165) is 0 Å². The molecule has 1 rings (SSSR count). The van der Waals surface area contributed by atoms with Gasteiger partial charge in [0.2, 0.25) is 0 Å². The molecule has 1 aliphatic heterocycles. The minimum absolute atomic E-state index is 0.0187. The Balaban J connectivity index is 2.40. The third kappa shape index (κ3) is 2.95. The molecule has 0 radical (unpaired) electrons. The summed E-state index contributed by atoms with van der Waals surface area (Å²) in [6.45, 7) is 3.20. The lowest BCUT2D eigenvalue weighted by Gasteiger charge is -2.24. The van der Waals surface area contributed by atoms with E-state index in [9.17, 15) is 0 Å². The minimum Gasteiger partial charge on any atom is -0.382 e. The topological polar surface area (TPSA) is 36.9 Å². The third-order valence-electron chi connectivity index (χ3n) is 2.45. The summed E-state index contributed by atoms with van der Waals surface area (Å²) in [5.74, 6) is 0. The van der Waals surface area contributed by atoms with Gasteiger partial charge in [-0.15, -0.1) is 0 Å². The highest BCUT2D eigenvalue weighted by molar-refractivity contribution is 6.11. The van der Waals surface area contributed by atoms with E-state index in [1.165, 1.54) is 0 Å². The van der Waals surface area contributed by atoms with Crippen LogP contribution in [0.5, 0.6) is 0 Å². The molecule has 0 amide bonds. The van der Waals surface area contributed by atoms with Crippen molar-refractivity contribution in [3.05, 3.63) is 0 Å². The zero-order valence-electron chi connectivity index (χ0n) is 9.36. The van der Waals surface area contributed by atoms with Gasteiger partial charge >= 0.3 is 0 Å². The number of hydrogen-bond acceptors (Lipinski definition) is 4. The van der Waals surface area contributed by atoms with Crippen LogP contribution in [0.4, 0.5) is 0 Å². The van der Waals surface area contributed by atoms with Crippen LogP contribution in [0.15, 0.2) is 0 Å². The maximum absolute atomic E-state index is 5.79. The van der Waals surface area contributed by atoms with Gasteiger partial charge in [-0.2, -0.15) is 0 Å². The molecule has 1 saturated heterocycles. The van der Waals surface area contributed by atoms with Crippen LogP contribution in [0.2, 0.25) is 0 Å². The Hall–Kier alpha value is -0.0951. The first kappa shape index (κ1) is 12.0. The first-order valence-corrected chi connectivity index (χ1v) is 4.97. The lowest BCUT2D eigenvalue weighted by Crippen LogP contribution is -2.38. The van der Waals surface area contributed by atoms with Crippen molar-refractivity contribution in [3.8, 4) is 0 Å². The molecule has 4 atom stereocenters. The van der Waals surface area contributed by atoms with Crippen LogP contribution in [-0.4, -0.2) is 59.6 Å². The second-order valence-electron chi connectivity index (χ2n) is 3.68. The molecule has 0 saturated carbocycles. The molecule has 0 bridgehead atoms. The summed E-state index contributed by atoms with van der Waals surface area (Å²) in [5.41, 5.74) is 0. The summed E-state index contributed by atoms with van der Waals surface area (Å²) in [5, 5.41) is 0. The van der Waals surface area contributed by atoms with Crippen LogP contribution in [-0.2, 0) is 18.9 Å². The Kier molecular flexibility index (Phi) is 4.88. The van der Waals surface area contributed by atoms with E-state index >= 15 is 0 Å². The van der Waals surface area contributed by atoms with Crippen molar-refractivity contribution in [2.24, 2.45) is 0 Å². The second-order valence-corrected chi connectivity index (χ2v) is 3.68. The van der Waals surface area contributed by atoms with Gasteiger partial charge in [-0.05, 0) is 6.92 Å². The molecule has 2 unspecified atom stereocenters. The highest BCUT2D eigenvalue weighted by Crippen LogP contribution is 2.19. The smallest absolute Gasteiger partial charge is 0.142 e. The average Bonchev–Trinajstić information content (AvgIpc) is 2.48. The average molecular weight is 202 g/mol. The van der Waals surface area contributed by atoms with Gasteiger partial charge in [0.1, 0.15) is 20.1 Å². The molecular weight excluding hydrogens is 183 g/mol. The molecule has 0 spiro atoms. The van der Waals surface area contributed by atoms with E-state index in [4.69, 9.17) is 18.9 Å². The van der Waals surface area contributed by atoms with Gasteiger partial charge in [0.15, 0.2) is 0 Å². The third-order valence-corrected chi connectivity index (χ3v) is 2.45. The predicted octanol–water partition coefficient (Wildman–Crippen LogP) is -0.589. The van der Waals surface area contributed by atoms with Gasteiger partial charge in [-0.1, -0.05) is 0 Å². The first-order valence-electron chi connectivity index (χ1n) is 4.97. The normalized spacial score (nSPS) is 34.6. The Bertz CT molecular complexity index is 167. The molecule has 1 fully saturated rings. The van der Waals surface area contributed by atoms with Crippen molar-refractivity contribution < 1.29 is 18.9 Å². The fraction of sp³-hybridized carbons (Fsp3) is 1.00. The van der Waals surface area contributed by atoms with Crippen LogP contribution >= 0.6 is 0 Å². The molecular formula is C9H19BO4. The van der Waals surface area contributed by atoms with Crippen molar-refractivity contribution in [3.63, 3.8) is 0 Å². The number of ether oxygens (including phenoxy) is 4. The molecule has 0 aliphatic carbocycles. The highest BCUT2D eigenvalue weighted by Gasteiger charge is 2.36. The van der Waals surface area contributed by atoms with Crippen molar-refractivity contribution in [1.82, 2.24) is 0 Å². The quantitative estimate of drug-likeness (QED) is 0.558. The second kappa shape index (κ2) is 5.71. The van der Waals surface area contributed by atoms with Crippen molar-refractivity contribution >= 4 is 7.85 Å². The molecule has 0 aromatic rings. The molecule has 0 N–H and O–H groups in total. The van der Waals surface area contributed by atoms with Crippen LogP contribution < -0.4 is 0 Å². The number of hydrogen-bond donors (Lipinski definition) is 0. The Morgan fingerprint density at radius 3 is 2.79 bits per heavy atom. The van der Waals surface area contributed by atoms with Gasteiger partial charge < -0.3 is 18.9 Å². The molecule has 4 nitrogen and oxygen atoms in total.